The normalized spacial score (nSPS) is 29.8. The van der Waals surface area contributed by atoms with E-state index < -0.39 is 11.9 Å². The van der Waals surface area contributed by atoms with Crippen molar-refractivity contribution in [1.29, 1.82) is 0 Å². The van der Waals surface area contributed by atoms with Gasteiger partial charge >= 0.3 is 5.97 Å². The van der Waals surface area contributed by atoms with Crippen molar-refractivity contribution in [2.75, 3.05) is 6.54 Å². The van der Waals surface area contributed by atoms with Gasteiger partial charge in [0.1, 0.15) is 0 Å². The van der Waals surface area contributed by atoms with Gasteiger partial charge in [-0.2, -0.15) is 0 Å². The van der Waals surface area contributed by atoms with Crippen LogP contribution >= 0.6 is 0 Å². The van der Waals surface area contributed by atoms with Crippen LogP contribution in [0.4, 0.5) is 0 Å². The lowest BCUT2D eigenvalue weighted by Crippen LogP contribution is -2.34. The zero-order chi connectivity index (χ0) is 10.3. The summed E-state index contributed by atoms with van der Waals surface area (Å²) < 4.78 is 0. The van der Waals surface area contributed by atoms with E-state index in [0.717, 1.165) is 12.8 Å². The number of carboxylic acid groups (broad SMARTS) is 1. The molecule has 0 aliphatic heterocycles. The predicted molar refractivity (Wildman–Crippen MR) is 49.6 cm³/mol. The van der Waals surface area contributed by atoms with Gasteiger partial charge < -0.3 is 10.0 Å². The second-order valence-corrected chi connectivity index (χ2v) is 4.14. The van der Waals surface area contributed by atoms with Crippen LogP contribution in [0.1, 0.15) is 26.2 Å². The molecule has 1 N–H and O–H groups in total. The Balaban J connectivity index is 1.92. The first-order valence-electron chi connectivity index (χ1n) is 5.18. The molecule has 14 heavy (non-hydrogen) atoms. The highest BCUT2D eigenvalue weighted by Gasteiger charge is 2.51. The number of hydrogen-bond donors (Lipinski definition) is 1. The summed E-state index contributed by atoms with van der Waals surface area (Å²) in [7, 11) is 0. The molecule has 78 valence electrons. The van der Waals surface area contributed by atoms with E-state index >= 15 is 0 Å². The van der Waals surface area contributed by atoms with Crippen LogP contribution in [-0.2, 0) is 9.59 Å². The number of carbonyl (C=O) groups excluding carboxylic acids is 1. The first-order chi connectivity index (χ1) is 6.65. The molecule has 4 nitrogen and oxygen atoms in total. The van der Waals surface area contributed by atoms with Gasteiger partial charge in [0.15, 0.2) is 0 Å². The molecule has 2 atom stereocenters. The summed E-state index contributed by atoms with van der Waals surface area (Å²) in [6.45, 7) is 2.67. The third-order valence-corrected chi connectivity index (χ3v) is 3.04. The highest BCUT2D eigenvalue weighted by atomic mass is 16.4. The van der Waals surface area contributed by atoms with Crippen molar-refractivity contribution in [3.8, 4) is 0 Å². The minimum Gasteiger partial charge on any atom is -0.481 e. The Hall–Kier alpha value is -1.06. The maximum Gasteiger partial charge on any atom is 0.307 e. The molecule has 0 saturated heterocycles. The average Bonchev–Trinajstić information content (AvgIpc) is 3.00. The molecule has 0 radical (unpaired) electrons. The fourth-order valence-electron chi connectivity index (χ4n) is 1.93. The lowest BCUT2D eigenvalue weighted by Gasteiger charge is -2.20. The highest BCUT2D eigenvalue weighted by molar-refractivity contribution is 5.89. The third-order valence-electron chi connectivity index (χ3n) is 3.04. The topological polar surface area (TPSA) is 57.6 Å². The Kier molecular flexibility index (Phi) is 2.21. The fourth-order valence-corrected chi connectivity index (χ4v) is 1.93. The Morgan fingerprint density at radius 2 is 2.00 bits per heavy atom. The number of carbonyl (C=O) groups is 2. The summed E-state index contributed by atoms with van der Waals surface area (Å²) in [5.74, 6) is -1.40. The van der Waals surface area contributed by atoms with E-state index in [1.165, 1.54) is 0 Å². The van der Waals surface area contributed by atoms with Gasteiger partial charge in [0.25, 0.3) is 0 Å². The van der Waals surface area contributed by atoms with Gasteiger partial charge in [0, 0.05) is 12.6 Å². The van der Waals surface area contributed by atoms with Crippen LogP contribution in [0.15, 0.2) is 0 Å². The smallest absolute Gasteiger partial charge is 0.307 e. The quantitative estimate of drug-likeness (QED) is 0.722. The maximum atomic E-state index is 11.8. The summed E-state index contributed by atoms with van der Waals surface area (Å²) in [4.78, 5) is 24.2. The summed E-state index contributed by atoms with van der Waals surface area (Å²) in [6.07, 6.45) is 2.71. The van der Waals surface area contributed by atoms with Crippen LogP contribution < -0.4 is 0 Å². The SMILES string of the molecule is CCN(C(=O)[C@@H]1C[C@@H]1C(=O)O)C1CC1. The lowest BCUT2D eigenvalue weighted by atomic mass is 10.2. The van der Waals surface area contributed by atoms with Gasteiger partial charge in [-0.25, -0.2) is 0 Å². The molecule has 0 spiro atoms. The highest BCUT2D eigenvalue weighted by Crippen LogP contribution is 2.42. The number of aliphatic carboxylic acids is 1. The number of amides is 1. The van der Waals surface area contributed by atoms with E-state index in [1.54, 1.807) is 0 Å². The van der Waals surface area contributed by atoms with Crippen molar-refractivity contribution in [1.82, 2.24) is 4.90 Å². The van der Waals surface area contributed by atoms with Gasteiger partial charge in [0.05, 0.1) is 11.8 Å². The molecule has 2 aliphatic rings. The number of rotatable bonds is 4. The Morgan fingerprint density at radius 1 is 1.36 bits per heavy atom. The standard InChI is InChI=1S/C10H15NO3/c1-2-11(6-3-4-6)9(12)7-5-8(7)10(13)14/h6-8H,2-5H2,1H3,(H,13,14)/t7-,8+/m1/s1. The summed E-state index contributed by atoms with van der Waals surface area (Å²) >= 11 is 0. The molecule has 0 unspecified atom stereocenters. The van der Waals surface area contributed by atoms with Crippen LogP contribution in [0.2, 0.25) is 0 Å². The van der Waals surface area contributed by atoms with Crippen molar-refractivity contribution in [3.63, 3.8) is 0 Å². The summed E-state index contributed by atoms with van der Waals surface area (Å²) in [6, 6.07) is 0.405. The van der Waals surface area contributed by atoms with E-state index in [1.807, 2.05) is 11.8 Å². The second kappa shape index (κ2) is 3.26. The van der Waals surface area contributed by atoms with Crippen molar-refractivity contribution < 1.29 is 14.7 Å². The number of hydrogen-bond acceptors (Lipinski definition) is 2. The lowest BCUT2D eigenvalue weighted by molar-refractivity contribution is -0.142. The van der Waals surface area contributed by atoms with Crippen LogP contribution in [0, 0.1) is 11.8 Å². The van der Waals surface area contributed by atoms with Gasteiger partial charge in [-0.15, -0.1) is 0 Å². The van der Waals surface area contributed by atoms with Crippen molar-refractivity contribution in [2.24, 2.45) is 11.8 Å². The minimum absolute atomic E-state index is 0.0578. The predicted octanol–water partition coefficient (Wildman–Crippen LogP) is 0.718. The first-order valence-corrected chi connectivity index (χ1v) is 5.18. The molecule has 0 aromatic rings. The second-order valence-electron chi connectivity index (χ2n) is 4.14. The van der Waals surface area contributed by atoms with Gasteiger partial charge in [-0.1, -0.05) is 0 Å². The molecule has 2 aliphatic carbocycles. The maximum absolute atomic E-state index is 11.8. The molecule has 0 aromatic heterocycles. The van der Waals surface area contributed by atoms with E-state index in [2.05, 4.69) is 0 Å². The van der Waals surface area contributed by atoms with Crippen LogP contribution in [0.3, 0.4) is 0 Å². The van der Waals surface area contributed by atoms with Crippen molar-refractivity contribution in [3.05, 3.63) is 0 Å². The Bertz CT molecular complexity index is 273. The van der Waals surface area contributed by atoms with Crippen molar-refractivity contribution >= 4 is 11.9 Å². The van der Waals surface area contributed by atoms with Gasteiger partial charge in [-0.3, -0.25) is 9.59 Å². The van der Waals surface area contributed by atoms with E-state index in [0.29, 0.717) is 19.0 Å². The van der Waals surface area contributed by atoms with E-state index in [-0.39, 0.29) is 11.8 Å². The molecule has 4 heteroatoms. The van der Waals surface area contributed by atoms with Gasteiger partial charge in [-0.05, 0) is 26.2 Å². The average molecular weight is 197 g/mol. The zero-order valence-electron chi connectivity index (χ0n) is 8.27. The van der Waals surface area contributed by atoms with Gasteiger partial charge in [0.2, 0.25) is 5.91 Å². The summed E-state index contributed by atoms with van der Waals surface area (Å²) in [5, 5.41) is 8.71. The van der Waals surface area contributed by atoms with E-state index in [4.69, 9.17) is 5.11 Å². The monoisotopic (exact) mass is 197 g/mol. The molecule has 0 bridgehead atoms. The fraction of sp³-hybridized carbons (Fsp3) is 0.800. The van der Waals surface area contributed by atoms with Crippen LogP contribution in [0.25, 0.3) is 0 Å². The molecule has 0 heterocycles. The molecule has 1 amide bonds. The molecule has 2 saturated carbocycles. The number of nitrogens with zero attached hydrogens (tertiary/aromatic N) is 1. The van der Waals surface area contributed by atoms with E-state index in [9.17, 15) is 9.59 Å². The van der Waals surface area contributed by atoms with Crippen LogP contribution in [0.5, 0.6) is 0 Å². The Morgan fingerprint density at radius 3 is 2.36 bits per heavy atom. The number of carboxylic acids is 1. The zero-order valence-corrected chi connectivity index (χ0v) is 8.27. The molecule has 0 aromatic carbocycles. The molecule has 2 fully saturated rings. The molecule has 2 rings (SSSR count). The molecular weight excluding hydrogens is 182 g/mol. The third kappa shape index (κ3) is 1.61. The largest absolute Gasteiger partial charge is 0.481 e. The molecular formula is C10H15NO3. The first kappa shape index (κ1) is 9.49. The van der Waals surface area contributed by atoms with Crippen LogP contribution in [-0.4, -0.2) is 34.5 Å². The minimum atomic E-state index is -0.824. The summed E-state index contributed by atoms with van der Waals surface area (Å²) in [5.41, 5.74) is 0. The Labute approximate surface area is 82.9 Å². The van der Waals surface area contributed by atoms with Crippen molar-refractivity contribution in [2.45, 2.75) is 32.2 Å².